The maximum atomic E-state index is 12.4. The molecule has 0 radical (unpaired) electrons. The second-order valence-electron chi connectivity index (χ2n) is 11.9. The highest BCUT2D eigenvalue weighted by atomic mass is 35.5. The van der Waals surface area contributed by atoms with E-state index in [1.54, 1.807) is 0 Å². The second-order valence-corrected chi connectivity index (χ2v) is 12.3. The van der Waals surface area contributed by atoms with Crippen molar-refractivity contribution >= 4 is 17.5 Å². The minimum absolute atomic E-state index is 0.315. The van der Waals surface area contributed by atoms with Crippen molar-refractivity contribution in [3.05, 3.63) is 34.9 Å². The van der Waals surface area contributed by atoms with Crippen LogP contribution in [0.2, 0.25) is 5.02 Å². The number of halogens is 1. The molecule has 4 fully saturated rings. The van der Waals surface area contributed by atoms with Gasteiger partial charge in [0, 0.05) is 24.5 Å². The third-order valence-electron chi connectivity index (χ3n) is 10.2. The zero-order valence-corrected chi connectivity index (χ0v) is 19.9. The van der Waals surface area contributed by atoms with Gasteiger partial charge in [0.15, 0.2) is 0 Å². The molecule has 5 rings (SSSR count). The summed E-state index contributed by atoms with van der Waals surface area (Å²) in [6.45, 7) is 7.64. The molecule has 1 aromatic carbocycles. The predicted octanol–water partition coefficient (Wildman–Crippen LogP) is 6.61. The van der Waals surface area contributed by atoms with Gasteiger partial charge in [-0.2, -0.15) is 0 Å². The van der Waals surface area contributed by atoms with Crippen molar-refractivity contribution in [1.29, 1.82) is 0 Å². The Morgan fingerprint density at radius 2 is 1.83 bits per heavy atom. The fraction of sp³-hybridized carbons (Fsp3) is 0.741. The molecule has 0 N–H and O–H groups in total. The van der Waals surface area contributed by atoms with Crippen molar-refractivity contribution in [2.45, 2.75) is 78.2 Å². The largest absolute Gasteiger partial charge is 0.342 e. The zero-order chi connectivity index (χ0) is 21.3. The molecule has 1 unspecified atom stereocenters. The smallest absolute Gasteiger partial charge is 0.222 e. The van der Waals surface area contributed by atoms with Crippen molar-refractivity contribution in [3.63, 3.8) is 0 Å². The van der Waals surface area contributed by atoms with Crippen molar-refractivity contribution in [1.82, 2.24) is 4.90 Å². The lowest BCUT2D eigenvalue weighted by Gasteiger charge is -2.63. The fourth-order valence-corrected chi connectivity index (χ4v) is 8.91. The van der Waals surface area contributed by atoms with E-state index in [9.17, 15) is 4.79 Å². The van der Waals surface area contributed by atoms with Crippen LogP contribution in [0.4, 0.5) is 0 Å². The number of fused-ring (bicyclic) bond motifs is 5. The molecule has 3 saturated carbocycles. The molecule has 8 atom stereocenters. The zero-order valence-electron chi connectivity index (χ0n) is 19.2. The van der Waals surface area contributed by atoms with E-state index < -0.39 is 0 Å². The molecular formula is C27H38ClNO. The lowest BCUT2D eigenvalue weighted by molar-refractivity contribution is -0.164. The molecule has 0 spiro atoms. The maximum Gasteiger partial charge on any atom is 0.222 e. The highest BCUT2D eigenvalue weighted by Gasteiger charge is 2.61. The van der Waals surface area contributed by atoms with Gasteiger partial charge in [-0.15, -0.1) is 0 Å². The number of nitrogens with zero attached hydrogens (tertiary/aromatic N) is 1. The van der Waals surface area contributed by atoms with E-state index in [4.69, 9.17) is 11.6 Å². The molecule has 30 heavy (non-hydrogen) atoms. The quantitative estimate of drug-likeness (QED) is 0.520. The second kappa shape index (κ2) is 7.26. The summed E-state index contributed by atoms with van der Waals surface area (Å²) in [5, 5.41) is 0.836. The number of hydrogen-bond acceptors (Lipinski definition) is 1. The van der Waals surface area contributed by atoms with Gasteiger partial charge in [-0.25, -0.2) is 0 Å². The first-order chi connectivity index (χ1) is 14.2. The minimum Gasteiger partial charge on any atom is -0.342 e. The van der Waals surface area contributed by atoms with E-state index in [0.717, 1.165) is 47.5 Å². The van der Waals surface area contributed by atoms with E-state index in [-0.39, 0.29) is 0 Å². The van der Waals surface area contributed by atoms with Crippen molar-refractivity contribution in [3.8, 4) is 0 Å². The van der Waals surface area contributed by atoms with Gasteiger partial charge < -0.3 is 4.90 Å². The van der Waals surface area contributed by atoms with Crippen LogP contribution < -0.4 is 0 Å². The molecule has 4 aliphatic rings. The van der Waals surface area contributed by atoms with Gasteiger partial charge in [-0.3, -0.25) is 4.79 Å². The van der Waals surface area contributed by atoms with Gasteiger partial charge in [0.1, 0.15) is 0 Å². The van der Waals surface area contributed by atoms with Gasteiger partial charge in [-0.1, -0.05) is 44.5 Å². The van der Waals surface area contributed by atoms with Crippen molar-refractivity contribution in [2.75, 3.05) is 7.05 Å². The summed E-state index contributed by atoms with van der Waals surface area (Å²) in [5.74, 6) is 4.36. The first kappa shape index (κ1) is 20.9. The van der Waals surface area contributed by atoms with Crippen LogP contribution in [0.15, 0.2) is 24.3 Å². The summed E-state index contributed by atoms with van der Waals surface area (Å²) in [4.78, 5) is 14.6. The summed E-state index contributed by atoms with van der Waals surface area (Å²) in [5.41, 5.74) is 2.26. The summed E-state index contributed by atoms with van der Waals surface area (Å²) in [7, 11) is 2.07. The SMILES string of the molecule is C[C@H]1C[C@H]2N(C)C(=O)CC[C@]2(C)[C@H]2CC[C@]3(C)CC(Cc4ccc(Cl)cc4)C[C@H]3[C@H]12. The maximum absolute atomic E-state index is 12.4. The highest BCUT2D eigenvalue weighted by molar-refractivity contribution is 6.30. The van der Waals surface area contributed by atoms with Gasteiger partial charge >= 0.3 is 0 Å². The Morgan fingerprint density at radius 1 is 1.10 bits per heavy atom. The van der Waals surface area contributed by atoms with Crippen LogP contribution in [-0.2, 0) is 11.2 Å². The minimum atomic E-state index is 0.315. The molecule has 2 nitrogen and oxygen atoms in total. The molecule has 1 aliphatic heterocycles. The topological polar surface area (TPSA) is 20.3 Å². The van der Waals surface area contributed by atoms with Gasteiger partial charge in [0.25, 0.3) is 0 Å². The molecule has 1 heterocycles. The molecule has 3 aliphatic carbocycles. The fourth-order valence-electron chi connectivity index (χ4n) is 8.78. The van der Waals surface area contributed by atoms with Crippen LogP contribution in [-0.4, -0.2) is 23.9 Å². The summed E-state index contributed by atoms with van der Waals surface area (Å²) in [6, 6.07) is 8.98. The first-order valence-corrected chi connectivity index (χ1v) is 12.6. The Kier molecular flexibility index (Phi) is 5.05. The number of carbonyl (C=O) groups is 1. The number of carbonyl (C=O) groups excluding carboxylic acids is 1. The number of benzene rings is 1. The van der Waals surface area contributed by atoms with Crippen LogP contribution in [0.1, 0.15) is 71.3 Å². The van der Waals surface area contributed by atoms with E-state index in [1.165, 1.54) is 44.1 Å². The number of amides is 1. The normalized spacial score (nSPS) is 45.6. The van der Waals surface area contributed by atoms with E-state index in [0.29, 0.717) is 22.8 Å². The van der Waals surface area contributed by atoms with Crippen LogP contribution in [0.5, 0.6) is 0 Å². The van der Waals surface area contributed by atoms with Gasteiger partial charge in [-0.05, 0) is 103 Å². The van der Waals surface area contributed by atoms with E-state index in [2.05, 4.69) is 44.9 Å². The molecule has 164 valence electrons. The number of piperidine rings is 1. The predicted molar refractivity (Wildman–Crippen MR) is 123 cm³/mol. The molecule has 1 saturated heterocycles. The average Bonchev–Trinajstić information content (AvgIpc) is 3.04. The van der Waals surface area contributed by atoms with E-state index in [1.807, 2.05) is 12.1 Å². The summed E-state index contributed by atoms with van der Waals surface area (Å²) < 4.78 is 0. The Balaban J connectivity index is 1.39. The monoisotopic (exact) mass is 427 g/mol. The number of rotatable bonds is 2. The lowest BCUT2D eigenvalue weighted by Crippen LogP contribution is -2.62. The summed E-state index contributed by atoms with van der Waals surface area (Å²) in [6.07, 6.45) is 9.78. The third-order valence-corrected chi connectivity index (χ3v) is 10.5. The van der Waals surface area contributed by atoms with Gasteiger partial charge in [0.05, 0.1) is 0 Å². The summed E-state index contributed by atoms with van der Waals surface area (Å²) >= 11 is 6.11. The van der Waals surface area contributed by atoms with Gasteiger partial charge in [0.2, 0.25) is 5.91 Å². The van der Waals surface area contributed by atoms with Crippen LogP contribution in [0, 0.1) is 40.4 Å². The Bertz CT molecular complexity index is 821. The highest BCUT2D eigenvalue weighted by Crippen LogP contribution is 2.67. The molecule has 1 amide bonds. The van der Waals surface area contributed by atoms with E-state index >= 15 is 0 Å². The van der Waals surface area contributed by atoms with Crippen LogP contribution in [0.3, 0.4) is 0 Å². The lowest BCUT2D eigenvalue weighted by atomic mass is 9.45. The standard InChI is InChI=1S/C27H38ClNO/c1-17-13-23-27(3,12-10-24(30)29(23)4)21-9-11-26(2)16-19(15-22(26)25(17)21)14-18-5-7-20(28)8-6-18/h5-8,17,19,21-23,25H,9-16H2,1-4H3/t17-,19?,21-,22-,23+,25+,26+,27+/m0/s1. The third kappa shape index (κ3) is 3.15. The van der Waals surface area contributed by atoms with Crippen LogP contribution >= 0.6 is 11.6 Å². The average molecular weight is 428 g/mol. The number of hydrogen-bond donors (Lipinski definition) is 0. The molecule has 0 bridgehead atoms. The van der Waals surface area contributed by atoms with Crippen molar-refractivity contribution < 1.29 is 4.79 Å². The Morgan fingerprint density at radius 3 is 2.57 bits per heavy atom. The van der Waals surface area contributed by atoms with Crippen LogP contribution in [0.25, 0.3) is 0 Å². The number of likely N-dealkylation sites (tertiary alicyclic amines) is 1. The Labute approximate surface area is 187 Å². The Hall–Kier alpha value is -1.02. The molecular weight excluding hydrogens is 390 g/mol. The molecule has 0 aromatic heterocycles. The van der Waals surface area contributed by atoms with Crippen molar-refractivity contribution in [2.24, 2.45) is 40.4 Å². The molecule has 1 aromatic rings. The first-order valence-electron chi connectivity index (χ1n) is 12.2. The molecule has 3 heteroatoms.